The summed E-state index contributed by atoms with van der Waals surface area (Å²) in [5.41, 5.74) is 0.106. The van der Waals surface area contributed by atoms with E-state index in [1.165, 1.54) is 4.90 Å². The van der Waals surface area contributed by atoms with Crippen molar-refractivity contribution in [1.29, 1.82) is 0 Å². The van der Waals surface area contributed by atoms with Crippen molar-refractivity contribution < 1.29 is 24.2 Å². The number of carbonyl (C=O) groups excluding carboxylic acids is 3. The van der Waals surface area contributed by atoms with Gasteiger partial charge >= 0.3 is 0 Å². The molecule has 1 atom stereocenters. The number of aliphatic hydroxyl groups excluding tert-OH is 1. The summed E-state index contributed by atoms with van der Waals surface area (Å²) in [6.45, 7) is 1.75. The minimum Gasteiger partial charge on any atom is -0.491 e. The molecule has 0 radical (unpaired) electrons. The van der Waals surface area contributed by atoms with E-state index in [1.54, 1.807) is 31.2 Å². The van der Waals surface area contributed by atoms with Crippen LogP contribution < -0.4 is 4.74 Å². The van der Waals surface area contributed by atoms with Crippen molar-refractivity contribution in [3.05, 3.63) is 29.8 Å². The number of hydrogen-bond donors (Lipinski definition) is 1. The van der Waals surface area contributed by atoms with Gasteiger partial charge in [0.2, 0.25) is 11.8 Å². The average Bonchev–Trinajstić information content (AvgIpc) is 3.20. The van der Waals surface area contributed by atoms with Crippen LogP contribution in [0.15, 0.2) is 24.3 Å². The van der Waals surface area contributed by atoms with E-state index in [2.05, 4.69) is 0 Å². The highest BCUT2D eigenvalue weighted by molar-refractivity contribution is 6.06. The second-order valence-corrected chi connectivity index (χ2v) is 7.24. The normalized spacial score (nSPS) is 20.0. The SMILES string of the molecule is CCC(=O)c1ccc(OC[C@@H](O)CN2C(=O)CC3(CCCC3)C2=O)cc1. The highest BCUT2D eigenvalue weighted by Gasteiger charge is 2.52. The van der Waals surface area contributed by atoms with Gasteiger partial charge in [-0.15, -0.1) is 0 Å². The summed E-state index contributed by atoms with van der Waals surface area (Å²) in [6.07, 6.45) is 3.26. The molecule has 0 aromatic heterocycles. The molecular formula is C20H25NO5. The Hall–Kier alpha value is -2.21. The third-order valence-electron chi connectivity index (χ3n) is 5.38. The van der Waals surface area contributed by atoms with Crippen LogP contribution in [0.3, 0.4) is 0 Å². The largest absolute Gasteiger partial charge is 0.491 e. The van der Waals surface area contributed by atoms with E-state index in [0.717, 1.165) is 25.7 Å². The Balaban J connectivity index is 1.53. The highest BCUT2D eigenvalue weighted by atomic mass is 16.5. The molecule has 1 aromatic rings. The molecule has 140 valence electrons. The number of benzene rings is 1. The van der Waals surface area contributed by atoms with Crippen molar-refractivity contribution in [2.75, 3.05) is 13.2 Å². The van der Waals surface area contributed by atoms with Gasteiger partial charge in [-0.1, -0.05) is 19.8 Å². The molecule has 3 rings (SSSR count). The molecule has 0 bridgehead atoms. The number of hydrogen-bond acceptors (Lipinski definition) is 5. The Labute approximate surface area is 153 Å². The molecule has 2 amide bonds. The van der Waals surface area contributed by atoms with Crippen molar-refractivity contribution in [3.8, 4) is 5.75 Å². The van der Waals surface area contributed by atoms with Gasteiger partial charge in [-0.25, -0.2) is 0 Å². The van der Waals surface area contributed by atoms with Gasteiger partial charge in [0.15, 0.2) is 5.78 Å². The van der Waals surface area contributed by atoms with Gasteiger partial charge < -0.3 is 9.84 Å². The zero-order chi connectivity index (χ0) is 18.7. The molecule has 1 saturated heterocycles. The van der Waals surface area contributed by atoms with Crippen LogP contribution in [-0.4, -0.2) is 46.9 Å². The summed E-state index contributed by atoms with van der Waals surface area (Å²) < 4.78 is 5.52. The monoisotopic (exact) mass is 359 g/mol. The lowest BCUT2D eigenvalue weighted by Crippen LogP contribution is -2.41. The fraction of sp³-hybridized carbons (Fsp3) is 0.550. The van der Waals surface area contributed by atoms with Crippen LogP contribution in [0.2, 0.25) is 0 Å². The fourth-order valence-corrected chi connectivity index (χ4v) is 3.88. The lowest BCUT2D eigenvalue weighted by Gasteiger charge is -2.23. The third kappa shape index (κ3) is 3.65. The van der Waals surface area contributed by atoms with Crippen LogP contribution in [-0.2, 0) is 9.59 Å². The van der Waals surface area contributed by atoms with Crippen LogP contribution in [0.25, 0.3) is 0 Å². The summed E-state index contributed by atoms with van der Waals surface area (Å²) in [5.74, 6) is 0.256. The Morgan fingerprint density at radius 3 is 2.50 bits per heavy atom. The molecule has 1 heterocycles. The smallest absolute Gasteiger partial charge is 0.235 e. The zero-order valence-electron chi connectivity index (χ0n) is 15.1. The Bertz CT molecular complexity index is 691. The van der Waals surface area contributed by atoms with Gasteiger partial charge in [0, 0.05) is 18.4 Å². The number of carbonyl (C=O) groups is 3. The fourth-order valence-electron chi connectivity index (χ4n) is 3.88. The quantitative estimate of drug-likeness (QED) is 0.597. The lowest BCUT2D eigenvalue weighted by molar-refractivity contribution is -0.143. The summed E-state index contributed by atoms with van der Waals surface area (Å²) in [4.78, 5) is 37.6. The molecule has 1 aliphatic heterocycles. The number of Topliss-reactive ketones (excluding diaryl/α,β-unsaturated/α-hetero) is 1. The molecule has 0 unspecified atom stereocenters. The Morgan fingerprint density at radius 2 is 1.88 bits per heavy atom. The van der Waals surface area contributed by atoms with Crippen molar-refractivity contribution in [3.63, 3.8) is 0 Å². The molecule has 1 aliphatic carbocycles. The predicted octanol–water partition coefficient (Wildman–Crippen LogP) is 2.34. The lowest BCUT2D eigenvalue weighted by atomic mass is 9.84. The Kier molecular flexibility index (Phi) is 5.41. The van der Waals surface area contributed by atoms with Gasteiger partial charge in [0.05, 0.1) is 12.0 Å². The van der Waals surface area contributed by atoms with Crippen LogP contribution in [0.5, 0.6) is 5.75 Å². The van der Waals surface area contributed by atoms with Crippen LogP contribution in [0.1, 0.15) is 55.8 Å². The van der Waals surface area contributed by atoms with Crippen LogP contribution in [0.4, 0.5) is 0 Å². The molecule has 2 fully saturated rings. The van der Waals surface area contributed by atoms with Crippen molar-refractivity contribution in [2.45, 2.75) is 51.6 Å². The number of likely N-dealkylation sites (tertiary alicyclic amines) is 1. The Morgan fingerprint density at radius 1 is 1.23 bits per heavy atom. The number of aliphatic hydroxyl groups is 1. The molecule has 2 aliphatic rings. The van der Waals surface area contributed by atoms with Crippen LogP contribution in [0, 0.1) is 5.41 Å². The molecule has 1 saturated carbocycles. The summed E-state index contributed by atoms with van der Waals surface area (Å²) in [5, 5.41) is 10.2. The zero-order valence-corrected chi connectivity index (χ0v) is 15.1. The van der Waals surface area contributed by atoms with E-state index in [0.29, 0.717) is 17.7 Å². The van der Waals surface area contributed by atoms with Gasteiger partial charge in [-0.05, 0) is 37.1 Å². The molecule has 1 aromatic carbocycles. The van der Waals surface area contributed by atoms with Gasteiger partial charge in [0.1, 0.15) is 18.5 Å². The molecule has 1 N–H and O–H groups in total. The number of nitrogens with zero attached hydrogens (tertiary/aromatic N) is 1. The van der Waals surface area contributed by atoms with E-state index in [1.807, 2.05) is 0 Å². The summed E-state index contributed by atoms with van der Waals surface area (Å²) in [7, 11) is 0. The van der Waals surface area contributed by atoms with Crippen molar-refractivity contribution in [2.24, 2.45) is 5.41 Å². The minimum atomic E-state index is -0.948. The number of β-amino-alcohol motifs (C(OH)–C–C–N with tert-alkyl or cyclic N) is 1. The van der Waals surface area contributed by atoms with Gasteiger partial charge in [-0.2, -0.15) is 0 Å². The third-order valence-corrected chi connectivity index (χ3v) is 5.38. The second-order valence-electron chi connectivity index (χ2n) is 7.24. The summed E-state index contributed by atoms with van der Waals surface area (Å²) in [6, 6.07) is 6.72. The van der Waals surface area contributed by atoms with Crippen LogP contribution >= 0.6 is 0 Å². The minimum absolute atomic E-state index is 0.0227. The molecule has 6 nitrogen and oxygen atoms in total. The maximum atomic E-state index is 12.6. The maximum absolute atomic E-state index is 12.6. The number of rotatable bonds is 7. The number of ketones is 1. The standard InChI is InChI=1S/C20H25NO5/c1-2-17(23)14-5-7-16(8-6-14)26-13-15(22)12-21-18(24)11-20(19(21)25)9-3-4-10-20/h5-8,15,22H,2-4,9-13H2,1H3/t15-/m0/s1. The molecule has 1 spiro atoms. The van der Waals surface area contributed by atoms with Crippen molar-refractivity contribution >= 4 is 17.6 Å². The van der Waals surface area contributed by atoms with E-state index in [9.17, 15) is 19.5 Å². The van der Waals surface area contributed by atoms with E-state index in [-0.39, 0.29) is 37.2 Å². The number of imide groups is 1. The maximum Gasteiger partial charge on any atom is 0.235 e. The number of ether oxygens (including phenoxy) is 1. The first-order valence-electron chi connectivity index (χ1n) is 9.24. The molecule has 6 heteroatoms. The van der Waals surface area contributed by atoms with Gasteiger partial charge in [-0.3, -0.25) is 19.3 Å². The van der Waals surface area contributed by atoms with Gasteiger partial charge in [0.25, 0.3) is 0 Å². The second kappa shape index (κ2) is 7.58. The topological polar surface area (TPSA) is 83.9 Å². The molecule has 26 heavy (non-hydrogen) atoms. The van der Waals surface area contributed by atoms with Crippen molar-refractivity contribution in [1.82, 2.24) is 4.90 Å². The first-order chi connectivity index (χ1) is 12.4. The first-order valence-corrected chi connectivity index (χ1v) is 9.24. The van der Waals surface area contributed by atoms with E-state index >= 15 is 0 Å². The first kappa shape index (κ1) is 18.6. The predicted molar refractivity (Wildman–Crippen MR) is 94.8 cm³/mol. The molecular weight excluding hydrogens is 334 g/mol. The highest BCUT2D eigenvalue weighted by Crippen LogP contribution is 2.46. The van der Waals surface area contributed by atoms with E-state index < -0.39 is 11.5 Å². The number of amides is 2. The summed E-state index contributed by atoms with van der Waals surface area (Å²) >= 11 is 0. The van der Waals surface area contributed by atoms with E-state index in [4.69, 9.17) is 4.74 Å². The average molecular weight is 359 g/mol.